The minimum atomic E-state index is -0.584. The number of carbonyl (C=O) groups is 1. The van der Waals surface area contributed by atoms with Crippen molar-refractivity contribution in [2.75, 3.05) is 24.3 Å². The zero-order valence-corrected chi connectivity index (χ0v) is 23.2. The third-order valence-corrected chi connectivity index (χ3v) is 7.30. The molecular weight excluding hydrogens is 484 g/mol. The van der Waals surface area contributed by atoms with E-state index >= 15 is 0 Å². The number of ether oxygens (including phenoxy) is 1. The Bertz CT molecular complexity index is 1280. The van der Waals surface area contributed by atoms with Gasteiger partial charge in [-0.15, -0.1) is 5.10 Å². The monoisotopic (exact) mass is 522 g/mol. The fourth-order valence-electron chi connectivity index (χ4n) is 5.18. The van der Waals surface area contributed by atoms with Gasteiger partial charge in [0, 0.05) is 35.4 Å². The molecule has 1 amide bonds. The molecule has 3 aromatic rings. The molecule has 0 radical (unpaired) electrons. The molecule has 0 saturated carbocycles. The van der Waals surface area contributed by atoms with Gasteiger partial charge in [-0.1, -0.05) is 6.92 Å². The van der Waals surface area contributed by atoms with Crippen molar-refractivity contribution in [1.29, 1.82) is 0 Å². The second-order valence-corrected chi connectivity index (χ2v) is 10.9. The zero-order valence-electron chi connectivity index (χ0n) is 23.2. The number of piperidine rings is 1. The first-order chi connectivity index (χ1) is 17.9. The molecule has 204 valence electrons. The van der Waals surface area contributed by atoms with Crippen molar-refractivity contribution in [3.05, 3.63) is 35.8 Å². The summed E-state index contributed by atoms with van der Waals surface area (Å²) in [6, 6.07) is 5.69. The Labute approximate surface area is 223 Å². The SMILES string of the molecule is CCOc1ccc(Nc2ncc(C(N)=O)c(NC3CC(C)(C)N(C)C(C)(C)C3)n2)cc1-n1nnnc1CC. The number of aromatic nitrogens is 6. The van der Waals surface area contributed by atoms with E-state index in [1.807, 2.05) is 32.0 Å². The average Bonchev–Trinajstić information content (AvgIpc) is 3.32. The zero-order chi connectivity index (χ0) is 27.7. The van der Waals surface area contributed by atoms with Crippen LogP contribution in [-0.4, -0.2) is 71.8 Å². The van der Waals surface area contributed by atoms with Crippen molar-refractivity contribution in [2.45, 2.75) is 77.9 Å². The largest absolute Gasteiger partial charge is 0.492 e. The number of nitrogens with two attached hydrogens (primary N) is 1. The van der Waals surface area contributed by atoms with Gasteiger partial charge in [-0.05, 0) is 83.1 Å². The predicted octanol–water partition coefficient (Wildman–Crippen LogP) is 3.32. The van der Waals surface area contributed by atoms with Crippen molar-refractivity contribution in [1.82, 2.24) is 35.1 Å². The first-order valence-corrected chi connectivity index (χ1v) is 12.9. The van der Waals surface area contributed by atoms with Crippen LogP contribution in [0, 0.1) is 0 Å². The Hall–Kier alpha value is -3.80. The summed E-state index contributed by atoms with van der Waals surface area (Å²) in [6.07, 6.45) is 3.88. The second-order valence-electron chi connectivity index (χ2n) is 10.9. The van der Waals surface area contributed by atoms with Crippen LogP contribution in [0.3, 0.4) is 0 Å². The number of aryl methyl sites for hydroxylation is 1. The van der Waals surface area contributed by atoms with Crippen LogP contribution in [0.1, 0.15) is 70.6 Å². The number of hydrogen-bond donors (Lipinski definition) is 3. The highest BCUT2D eigenvalue weighted by Gasteiger charge is 2.43. The lowest BCUT2D eigenvalue weighted by Crippen LogP contribution is -2.61. The van der Waals surface area contributed by atoms with E-state index in [-0.39, 0.29) is 22.7 Å². The molecular formula is C26H38N10O2. The van der Waals surface area contributed by atoms with E-state index in [0.717, 1.165) is 12.8 Å². The minimum absolute atomic E-state index is 0.0350. The van der Waals surface area contributed by atoms with Crippen LogP contribution in [0.25, 0.3) is 5.69 Å². The van der Waals surface area contributed by atoms with E-state index in [4.69, 9.17) is 10.5 Å². The summed E-state index contributed by atoms with van der Waals surface area (Å²) in [6.45, 7) is 13.3. The predicted molar refractivity (Wildman–Crippen MR) is 146 cm³/mol. The van der Waals surface area contributed by atoms with Crippen LogP contribution in [0.15, 0.2) is 24.4 Å². The van der Waals surface area contributed by atoms with Crippen molar-refractivity contribution in [3.63, 3.8) is 0 Å². The van der Waals surface area contributed by atoms with Gasteiger partial charge in [-0.2, -0.15) is 9.67 Å². The van der Waals surface area contributed by atoms with Gasteiger partial charge in [0.15, 0.2) is 5.82 Å². The van der Waals surface area contributed by atoms with E-state index in [1.54, 1.807) is 4.68 Å². The number of likely N-dealkylation sites (tertiary alicyclic amines) is 1. The van der Waals surface area contributed by atoms with Gasteiger partial charge < -0.3 is 21.1 Å². The molecule has 2 aromatic heterocycles. The molecule has 3 heterocycles. The van der Waals surface area contributed by atoms with E-state index in [9.17, 15) is 4.79 Å². The Morgan fingerprint density at radius 2 is 1.89 bits per heavy atom. The molecule has 12 heteroatoms. The topological polar surface area (TPSA) is 149 Å². The normalized spacial score (nSPS) is 17.2. The molecule has 1 fully saturated rings. The molecule has 4 N–H and O–H groups in total. The van der Waals surface area contributed by atoms with Gasteiger partial charge in [0.2, 0.25) is 5.95 Å². The number of nitrogens with one attached hydrogen (secondary N) is 2. The molecule has 0 aliphatic carbocycles. The first kappa shape index (κ1) is 27.2. The third-order valence-electron chi connectivity index (χ3n) is 7.30. The molecule has 0 bridgehead atoms. The Balaban J connectivity index is 1.64. The van der Waals surface area contributed by atoms with Crippen molar-refractivity contribution < 1.29 is 9.53 Å². The Morgan fingerprint density at radius 1 is 1.18 bits per heavy atom. The lowest BCUT2D eigenvalue weighted by molar-refractivity contribution is -0.00772. The van der Waals surface area contributed by atoms with Gasteiger partial charge in [-0.3, -0.25) is 9.69 Å². The Kier molecular flexibility index (Phi) is 7.54. The maximum atomic E-state index is 12.2. The lowest BCUT2D eigenvalue weighted by Gasteiger charge is -2.53. The number of tetrazole rings is 1. The summed E-state index contributed by atoms with van der Waals surface area (Å²) in [4.78, 5) is 23.6. The molecule has 1 aliphatic heterocycles. The number of carbonyl (C=O) groups excluding carboxylic acids is 1. The summed E-state index contributed by atoms with van der Waals surface area (Å²) in [7, 11) is 2.15. The molecule has 0 spiro atoms. The highest BCUT2D eigenvalue weighted by Crippen LogP contribution is 2.38. The van der Waals surface area contributed by atoms with Gasteiger partial charge in [0.05, 0.1) is 12.2 Å². The first-order valence-electron chi connectivity index (χ1n) is 12.9. The summed E-state index contributed by atoms with van der Waals surface area (Å²) in [5.74, 6) is 1.52. The van der Waals surface area contributed by atoms with Crippen LogP contribution in [0.4, 0.5) is 17.5 Å². The molecule has 1 aromatic carbocycles. The van der Waals surface area contributed by atoms with Crippen molar-refractivity contribution in [2.24, 2.45) is 5.73 Å². The van der Waals surface area contributed by atoms with Gasteiger partial charge in [0.1, 0.15) is 17.3 Å². The van der Waals surface area contributed by atoms with Gasteiger partial charge in [0.25, 0.3) is 5.91 Å². The van der Waals surface area contributed by atoms with Crippen LogP contribution in [-0.2, 0) is 6.42 Å². The van der Waals surface area contributed by atoms with E-state index in [0.29, 0.717) is 47.7 Å². The van der Waals surface area contributed by atoms with Crippen LogP contribution >= 0.6 is 0 Å². The summed E-state index contributed by atoms with van der Waals surface area (Å²) >= 11 is 0. The van der Waals surface area contributed by atoms with Crippen LogP contribution in [0.2, 0.25) is 0 Å². The van der Waals surface area contributed by atoms with E-state index < -0.39 is 5.91 Å². The summed E-state index contributed by atoms with van der Waals surface area (Å²) in [5, 5.41) is 18.8. The number of hydrogen-bond acceptors (Lipinski definition) is 10. The number of primary amides is 1. The van der Waals surface area contributed by atoms with E-state index in [1.165, 1.54) is 6.20 Å². The molecule has 0 atom stereocenters. The summed E-state index contributed by atoms with van der Waals surface area (Å²) in [5.41, 5.74) is 7.26. The van der Waals surface area contributed by atoms with Crippen LogP contribution in [0.5, 0.6) is 5.75 Å². The maximum Gasteiger partial charge on any atom is 0.254 e. The standard InChI is InChI=1S/C26H38N10O2/c1-8-21-32-33-34-36(21)19-12-16(10-11-20(19)38-9-2)30-24-28-15-18(22(27)37)23(31-24)29-17-13-25(3,4)35(7)26(5,6)14-17/h10-12,15,17H,8-9,13-14H2,1-7H3,(H2,27,37)(H2,28,29,30,31). The number of nitrogens with zero attached hydrogens (tertiary/aromatic N) is 7. The Morgan fingerprint density at radius 3 is 2.53 bits per heavy atom. The maximum absolute atomic E-state index is 12.2. The summed E-state index contributed by atoms with van der Waals surface area (Å²) < 4.78 is 7.47. The molecule has 38 heavy (non-hydrogen) atoms. The fraction of sp³-hybridized carbons (Fsp3) is 0.538. The molecule has 0 unspecified atom stereocenters. The quantitative estimate of drug-likeness (QED) is 0.382. The van der Waals surface area contributed by atoms with Crippen LogP contribution < -0.4 is 21.1 Å². The van der Waals surface area contributed by atoms with E-state index in [2.05, 4.69) is 75.8 Å². The number of benzene rings is 1. The highest BCUT2D eigenvalue weighted by molar-refractivity contribution is 5.97. The smallest absolute Gasteiger partial charge is 0.254 e. The number of rotatable bonds is 9. The van der Waals surface area contributed by atoms with Crippen molar-refractivity contribution in [3.8, 4) is 11.4 Å². The molecule has 4 rings (SSSR count). The third kappa shape index (κ3) is 5.54. The highest BCUT2D eigenvalue weighted by atomic mass is 16.5. The van der Waals surface area contributed by atoms with Gasteiger partial charge in [-0.25, -0.2) is 4.98 Å². The number of anilines is 3. The van der Waals surface area contributed by atoms with Crippen molar-refractivity contribution >= 4 is 23.4 Å². The molecule has 1 aliphatic rings. The fourth-order valence-corrected chi connectivity index (χ4v) is 5.18. The number of amides is 1. The van der Waals surface area contributed by atoms with Gasteiger partial charge >= 0.3 is 0 Å². The minimum Gasteiger partial charge on any atom is -0.492 e. The molecule has 12 nitrogen and oxygen atoms in total. The molecule has 1 saturated heterocycles. The average molecular weight is 523 g/mol. The lowest BCUT2D eigenvalue weighted by atomic mass is 9.77. The second kappa shape index (κ2) is 10.5.